The number of hydrogen-bond donors (Lipinski definition) is 1. The van der Waals surface area contributed by atoms with E-state index in [1.807, 2.05) is 0 Å². The molecule has 39 heavy (non-hydrogen) atoms. The van der Waals surface area contributed by atoms with Crippen molar-refractivity contribution in [2.75, 3.05) is 15.4 Å². The van der Waals surface area contributed by atoms with Crippen LogP contribution in [0.15, 0.2) is 48.5 Å². The van der Waals surface area contributed by atoms with E-state index in [0.29, 0.717) is 0 Å². The van der Waals surface area contributed by atoms with E-state index in [1.54, 1.807) is 0 Å². The Hall–Kier alpha value is -1.81. The molecule has 2 aromatic carbocycles. The average molecular weight is 572 g/mol. The first kappa shape index (κ1) is 33.4. The van der Waals surface area contributed by atoms with Crippen molar-refractivity contribution in [1.82, 2.24) is 0 Å². The first-order chi connectivity index (χ1) is 17.4. The molecule has 0 amide bonds. The van der Waals surface area contributed by atoms with E-state index in [-0.39, 0.29) is 21.2 Å². The largest absolute Gasteiger partial charge is 0.356 e. The Morgan fingerprint density at radius 2 is 0.744 bits per heavy atom. The molecule has 0 saturated heterocycles. The zero-order valence-electron chi connectivity index (χ0n) is 27.8. The number of nitrogens with zero attached hydrogens (tertiary/aromatic N) is 2. The van der Waals surface area contributed by atoms with Crippen molar-refractivity contribution in [3.8, 4) is 0 Å². The monoisotopic (exact) mass is 571 g/mol. The van der Waals surface area contributed by atoms with Crippen molar-refractivity contribution < 1.29 is 9.05 Å². The highest BCUT2D eigenvalue weighted by Gasteiger charge is 2.43. The minimum atomic E-state index is -1.99. The molecule has 0 spiro atoms. The molecule has 0 aliphatic rings. The number of anilines is 4. The van der Waals surface area contributed by atoms with Gasteiger partial charge in [-0.05, 0) is 126 Å². The fourth-order valence-electron chi connectivity index (χ4n) is 3.41. The van der Waals surface area contributed by atoms with Crippen LogP contribution in [0.2, 0.25) is 36.3 Å². The van der Waals surface area contributed by atoms with E-state index < -0.39 is 16.6 Å². The Labute approximate surface area is 242 Å². The number of hydrogen-bond acceptors (Lipinski definition) is 5. The van der Waals surface area contributed by atoms with E-state index >= 15 is 0 Å². The maximum Gasteiger partial charge on any atom is 0.228 e. The summed E-state index contributed by atoms with van der Waals surface area (Å²) in [6, 6.07) is 17.1. The predicted octanol–water partition coefficient (Wildman–Crippen LogP) is 10.5. The highest BCUT2D eigenvalue weighted by molar-refractivity contribution is 6.74. The number of nitrogens with one attached hydrogen (secondary N) is 1. The van der Waals surface area contributed by atoms with Gasteiger partial charge in [0, 0.05) is 11.4 Å². The molecule has 0 radical (unpaired) electrons. The molecular formula is C32H57N3O2Si2. The van der Waals surface area contributed by atoms with Gasteiger partial charge in [-0.1, -0.05) is 41.5 Å². The lowest BCUT2D eigenvalue weighted by Gasteiger charge is -2.45. The van der Waals surface area contributed by atoms with Crippen LogP contribution in [0, 0.1) is 0 Å². The van der Waals surface area contributed by atoms with Crippen molar-refractivity contribution in [2.24, 2.45) is 0 Å². The van der Waals surface area contributed by atoms with Gasteiger partial charge in [0.25, 0.3) is 0 Å². The Balaban J connectivity index is 2.25. The molecule has 220 valence electrons. The molecule has 0 aliphatic heterocycles. The molecule has 2 aromatic rings. The third-order valence-electron chi connectivity index (χ3n) is 7.96. The maximum atomic E-state index is 6.77. The first-order valence-corrected chi connectivity index (χ1v) is 20.1. The van der Waals surface area contributed by atoms with Gasteiger partial charge in [-0.25, -0.2) is 0 Å². The first-order valence-electron chi connectivity index (χ1n) is 14.3. The normalized spacial score (nSPS) is 13.8. The summed E-state index contributed by atoms with van der Waals surface area (Å²) in [7, 11) is -3.98. The molecular weight excluding hydrogens is 515 g/mol. The smallest absolute Gasteiger partial charge is 0.228 e. The summed E-state index contributed by atoms with van der Waals surface area (Å²) in [4.78, 5) is 0. The second-order valence-electron chi connectivity index (χ2n) is 15.9. The summed E-state index contributed by atoms with van der Waals surface area (Å²) >= 11 is 0. The van der Waals surface area contributed by atoms with Crippen LogP contribution in [0.1, 0.15) is 83.1 Å². The lowest BCUT2D eigenvalue weighted by molar-refractivity contribution is 0.185. The SMILES string of the molecule is CC(C)(C)N(O[Si](C)(C)C(C)(C)C)c1ccc(Nc2ccc(N(O[Si](C)(C)C(C)(C)C)C(C)(C)C)cc2)cc1. The van der Waals surface area contributed by atoms with Crippen LogP contribution < -0.4 is 15.4 Å². The fraction of sp³-hybridized carbons (Fsp3) is 0.625. The summed E-state index contributed by atoms with van der Waals surface area (Å²) in [6.45, 7) is 36.0. The molecule has 0 aliphatic carbocycles. The Kier molecular flexibility index (Phi) is 9.61. The summed E-state index contributed by atoms with van der Waals surface area (Å²) in [5.74, 6) is 0. The molecule has 7 heteroatoms. The molecule has 1 N–H and O–H groups in total. The summed E-state index contributed by atoms with van der Waals surface area (Å²) in [5.41, 5.74) is 3.89. The molecule has 0 bridgehead atoms. The van der Waals surface area contributed by atoms with Crippen molar-refractivity contribution in [3.05, 3.63) is 48.5 Å². The van der Waals surface area contributed by atoms with E-state index in [2.05, 4.69) is 173 Å². The van der Waals surface area contributed by atoms with Crippen LogP contribution >= 0.6 is 0 Å². The summed E-state index contributed by atoms with van der Waals surface area (Å²) in [5, 5.41) is 8.02. The number of rotatable bonds is 8. The molecule has 0 atom stereocenters. The lowest BCUT2D eigenvalue weighted by Crippen LogP contribution is -2.52. The van der Waals surface area contributed by atoms with Gasteiger partial charge in [0.15, 0.2) is 0 Å². The second-order valence-corrected chi connectivity index (χ2v) is 25.3. The van der Waals surface area contributed by atoms with Gasteiger partial charge >= 0.3 is 0 Å². The quantitative estimate of drug-likeness (QED) is 0.252. The topological polar surface area (TPSA) is 37.0 Å². The van der Waals surface area contributed by atoms with E-state index in [0.717, 1.165) is 22.7 Å². The van der Waals surface area contributed by atoms with Gasteiger partial charge in [-0.2, -0.15) is 0 Å². The van der Waals surface area contributed by atoms with Crippen LogP contribution in [-0.2, 0) is 9.05 Å². The molecule has 2 rings (SSSR count). The van der Waals surface area contributed by atoms with Crippen molar-refractivity contribution >= 4 is 39.4 Å². The highest BCUT2D eigenvalue weighted by atomic mass is 28.4. The highest BCUT2D eigenvalue weighted by Crippen LogP contribution is 2.41. The van der Waals surface area contributed by atoms with Crippen LogP contribution in [0.3, 0.4) is 0 Å². The molecule has 0 saturated carbocycles. The van der Waals surface area contributed by atoms with Crippen molar-refractivity contribution in [3.63, 3.8) is 0 Å². The van der Waals surface area contributed by atoms with Crippen molar-refractivity contribution in [1.29, 1.82) is 0 Å². The van der Waals surface area contributed by atoms with Gasteiger partial charge in [0.05, 0.1) is 22.5 Å². The predicted molar refractivity (Wildman–Crippen MR) is 177 cm³/mol. The zero-order chi connectivity index (χ0) is 30.2. The number of hydroxylamine groups is 2. The van der Waals surface area contributed by atoms with Gasteiger partial charge in [0.2, 0.25) is 16.6 Å². The Morgan fingerprint density at radius 3 is 0.949 bits per heavy atom. The van der Waals surface area contributed by atoms with E-state index in [1.165, 1.54) is 0 Å². The molecule has 0 aromatic heterocycles. The zero-order valence-corrected chi connectivity index (χ0v) is 29.8. The maximum absolute atomic E-state index is 6.77. The van der Waals surface area contributed by atoms with Crippen LogP contribution in [-0.4, -0.2) is 27.7 Å². The van der Waals surface area contributed by atoms with Gasteiger partial charge < -0.3 is 14.4 Å². The van der Waals surface area contributed by atoms with Gasteiger partial charge in [-0.15, -0.1) is 0 Å². The lowest BCUT2D eigenvalue weighted by atomic mass is 10.1. The second kappa shape index (κ2) is 11.2. The average Bonchev–Trinajstić information content (AvgIpc) is 2.74. The van der Waals surface area contributed by atoms with E-state index in [9.17, 15) is 0 Å². The van der Waals surface area contributed by atoms with Gasteiger partial charge in [0.1, 0.15) is 0 Å². The third-order valence-corrected chi connectivity index (χ3v) is 16.5. The van der Waals surface area contributed by atoms with Crippen molar-refractivity contribution in [2.45, 2.75) is 130 Å². The number of benzene rings is 2. The van der Waals surface area contributed by atoms with Gasteiger partial charge in [-0.3, -0.25) is 10.1 Å². The minimum Gasteiger partial charge on any atom is -0.356 e. The summed E-state index contributed by atoms with van der Waals surface area (Å²) in [6.07, 6.45) is 0. The molecule has 0 unspecified atom stereocenters. The standard InChI is InChI=1S/C32H57N3O2Si2/c1-29(2,3)34(36-38(13,14)31(7,8)9)27-21-17-25(18-22-27)33-26-19-23-28(24-20-26)35(30(4,5)6)37-39(15,16)32(10,11)12/h17-24,33H,1-16H3. The van der Waals surface area contributed by atoms with Crippen LogP contribution in [0.25, 0.3) is 0 Å². The molecule has 0 fully saturated rings. The third kappa shape index (κ3) is 8.59. The molecule has 0 heterocycles. The van der Waals surface area contributed by atoms with E-state index in [4.69, 9.17) is 9.05 Å². The van der Waals surface area contributed by atoms with Crippen LogP contribution in [0.4, 0.5) is 22.7 Å². The summed E-state index contributed by atoms with van der Waals surface area (Å²) < 4.78 is 13.5. The Morgan fingerprint density at radius 1 is 0.487 bits per heavy atom. The fourth-order valence-corrected chi connectivity index (χ4v) is 5.63. The Bertz CT molecular complexity index is 982. The minimum absolute atomic E-state index is 0.127. The molecule has 5 nitrogen and oxygen atoms in total. The van der Waals surface area contributed by atoms with Crippen LogP contribution in [0.5, 0.6) is 0 Å².